The number of hydrogen-bond acceptors (Lipinski definition) is 2. The normalized spacial score (nSPS) is 10.4. The van der Waals surface area contributed by atoms with Gasteiger partial charge in [0.05, 0.1) is 10.7 Å². The zero-order valence-corrected chi connectivity index (χ0v) is 9.82. The number of carbonyl (C=O) groups excluding carboxylic acids is 1. The van der Waals surface area contributed by atoms with Crippen LogP contribution in [-0.4, -0.2) is 13.0 Å². The number of benzene rings is 1. The van der Waals surface area contributed by atoms with Crippen molar-refractivity contribution in [3.8, 4) is 5.75 Å². The van der Waals surface area contributed by atoms with Crippen LogP contribution in [0.25, 0.3) is 6.08 Å². The van der Waals surface area contributed by atoms with Crippen molar-refractivity contribution >= 4 is 34.6 Å². The SMILES string of the molecule is COc1ccc(/C=C/C(N)=O)cc1I. The Morgan fingerprint density at radius 2 is 2.29 bits per heavy atom. The van der Waals surface area contributed by atoms with Gasteiger partial charge >= 0.3 is 0 Å². The Labute approximate surface area is 96.1 Å². The van der Waals surface area contributed by atoms with Crippen LogP contribution in [0.15, 0.2) is 24.3 Å². The van der Waals surface area contributed by atoms with Crippen molar-refractivity contribution in [2.45, 2.75) is 0 Å². The molecule has 3 nitrogen and oxygen atoms in total. The van der Waals surface area contributed by atoms with Crippen LogP contribution in [0.4, 0.5) is 0 Å². The van der Waals surface area contributed by atoms with Gasteiger partial charge in [0, 0.05) is 6.08 Å². The number of methoxy groups -OCH3 is 1. The smallest absolute Gasteiger partial charge is 0.241 e. The van der Waals surface area contributed by atoms with Gasteiger partial charge in [-0.05, 0) is 46.4 Å². The van der Waals surface area contributed by atoms with Gasteiger partial charge in [0.25, 0.3) is 0 Å². The molecule has 0 aliphatic carbocycles. The highest BCUT2D eigenvalue weighted by molar-refractivity contribution is 14.1. The van der Waals surface area contributed by atoms with E-state index in [0.29, 0.717) is 0 Å². The summed E-state index contributed by atoms with van der Waals surface area (Å²) < 4.78 is 6.10. The topological polar surface area (TPSA) is 52.3 Å². The molecular weight excluding hydrogens is 293 g/mol. The molecule has 2 N–H and O–H groups in total. The molecule has 1 rings (SSSR count). The first-order valence-corrected chi connectivity index (χ1v) is 5.02. The molecule has 4 heteroatoms. The Bertz CT molecular complexity index is 374. The Balaban J connectivity index is 2.91. The van der Waals surface area contributed by atoms with Crippen LogP contribution in [-0.2, 0) is 4.79 Å². The fraction of sp³-hybridized carbons (Fsp3) is 0.100. The lowest BCUT2D eigenvalue weighted by Crippen LogP contribution is -2.05. The van der Waals surface area contributed by atoms with Crippen LogP contribution < -0.4 is 10.5 Å². The fourth-order valence-electron chi connectivity index (χ4n) is 0.965. The number of carbonyl (C=O) groups is 1. The minimum absolute atomic E-state index is 0.448. The molecule has 14 heavy (non-hydrogen) atoms. The van der Waals surface area contributed by atoms with Gasteiger partial charge in [-0.2, -0.15) is 0 Å². The third kappa shape index (κ3) is 3.02. The molecule has 0 atom stereocenters. The molecule has 0 bridgehead atoms. The lowest BCUT2D eigenvalue weighted by molar-refractivity contribution is -0.113. The standard InChI is InChI=1S/C10H10INO2/c1-14-9-4-2-7(6-8(9)11)3-5-10(12)13/h2-6H,1H3,(H2,12,13)/b5-3+. The number of ether oxygens (including phenoxy) is 1. The number of rotatable bonds is 3. The van der Waals surface area contributed by atoms with Gasteiger partial charge in [-0.15, -0.1) is 0 Å². The third-order valence-corrected chi connectivity index (χ3v) is 2.46. The average molecular weight is 303 g/mol. The molecule has 0 aromatic heterocycles. The Hall–Kier alpha value is -1.04. The van der Waals surface area contributed by atoms with Crippen molar-refractivity contribution in [2.24, 2.45) is 5.73 Å². The second kappa shape index (κ2) is 4.99. The summed E-state index contributed by atoms with van der Waals surface area (Å²) in [6, 6.07) is 5.63. The van der Waals surface area contributed by atoms with Crippen LogP contribution in [0.5, 0.6) is 5.75 Å². The maximum absolute atomic E-state index is 10.5. The van der Waals surface area contributed by atoms with Gasteiger partial charge < -0.3 is 10.5 Å². The lowest BCUT2D eigenvalue weighted by Gasteiger charge is -2.02. The summed E-state index contributed by atoms with van der Waals surface area (Å²) >= 11 is 2.17. The minimum Gasteiger partial charge on any atom is -0.496 e. The lowest BCUT2D eigenvalue weighted by atomic mass is 10.2. The van der Waals surface area contributed by atoms with Gasteiger partial charge in [-0.1, -0.05) is 6.07 Å². The average Bonchev–Trinajstić information content (AvgIpc) is 2.15. The second-order valence-electron chi connectivity index (χ2n) is 2.63. The number of hydrogen-bond donors (Lipinski definition) is 1. The molecular formula is C10H10INO2. The maximum atomic E-state index is 10.5. The molecule has 0 radical (unpaired) electrons. The van der Waals surface area contributed by atoms with Gasteiger partial charge in [0.2, 0.25) is 5.91 Å². The van der Waals surface area contributed by atoms with E-state index >= 15 is 0 Å². The van der Waals surface area contributed by atoms with E-state index in [2.05, 4.69) is 22.6 Å². The van der Waals surface area contributed by atoms with Crippen molar-refractivity contribution in [2.75, 3.05) is 7.11 Å². The van der Waals surface area contributed by atoms with Crippen molar-refractivity contribution < 1.29 is 9.53 Å². The first-order chi connectivity index (χ1) is 6.63. The molecule has 0 saturated heterocycles. The number of primary amides is 1. The molecule has 0 aliphatic rings. The summed E-state index contributed by atoms with van der Waals surface area (Å²) in [6.45, 7) is 0. The monoisotopic (exact) mass is 303 g/mol. The largest absolute Gasteiger partial charge is 0.496 e. The summed E-state index contributed by atoms with van der Waals surface area (Å²) in [5, 5.41) is 0. The summed E-state index contributed by atoms with van der Waals surface area (Å²) in [7, 11) is 1.62. The van der Waals surface area contributed by atoms with Crippen molar-refractivity contribution in [3.05, 3.63) is 33.4 Å². The van der Waals surface area contributed by atoms with Gasteiger partial charge in [-0.3, -0.25) is 4.79 Å². The first kappa shape index (κ1) is 11.0. The zero-order valence-electron chi connectivity index (χ0n) is 7.66. The minimum atomic E-state index is -0.448. The number of halogens is 1. The Kier molecular flexibility index (Phi) is 3.94. The predicted molar refractivity (Wildman–Crippen MR) is 63.9 cm³/mol. The van der Waals surface area contributed by atoms with Crippen LogP contribution in [0.1, 0.15) is 5.56 Å². The molecule has 0 aliphatic heterocycles. The Morgan fingerprint density at radius 3 is 2.79 bits per heavy atom. The number of amides is 1. The van der Waals surface area contributed by atoms with Crippen LogP contribution in [0.2, 0.25) is 0 Å². The highest BCUT2D eigenvalue weighted by Gasteiger charge is 1.98. The van der Waals surface area contributed by atoms with E-state index in [1.165, 1.54) is 6.08 Å². The van der Waals surface area contributed by atoms with Gasteiger partial charge in [0.1, 0.15) is 5.75 Å². The summed E-state index contributed by atoms with van der Waals surface area (Å²) in [5.74, 6) is 0.373. The molecule has 0 heterocycles. The van der Waals surface area contributed by atoms with Gasteiger partial charge in [0.15, 0.2) is 0 Å². The van der Waals surface area contributed by atoms with Crippen molar-refractivity contribution in [1.29, 1.82) is 0 Å². The highest BCUT2D eigenvalue weighted by atomic mass is 127. The maximum Gasteiger partial charge on any atom is 0.241 e. The Morgan fingerprint density at radius 1 is 1.57 bits per heavy atom. The van der Waals surface area contributed by atoms with E-state index < -0.39 is 5.91 Å². The van der Waals surface area contributed by atoms with Crippen molar-refractivity contribution in [1.82, 2.24) is 0 Å². The zero-order chi connectivity index (χ0) is 10.6. The highest BCUT2D eigenvalue weighted by Crippen LogP contribution is 2.21. The molecule has 0 saturated carbocycles. The molecule has 1 aromatic carbocycles. The van der Waals surface area contributed by atoms with Gasteiger partial charge in [-0.25, -0.2) is 0 Å². The predicted octanol–water partition coefficient (Wildman–Crippen LogP) is 1.80. The molecule has 1 amide bonds. The fourth-order valence-corrected chi connectivity index (χ4v) is 1.72. The number of nitrogens with two attached hydrogens (primary N) is 1. The van der Waals surface area contributed by atoms with E-state index in [1.807, 2.05) is 18.2 Å². The first-order valence-electron chi connectivity index (χ1n) is 3.94. The quantitative estimate of drug-likeness (QED) is 0.684. The summed E-state index contributed by atoms with van der Waals surface area (Å²) in [6.07, 6.45) is 3.00. The summed E-state index contributed by atoms with van der Waals surface area (Å²) in [4.78, 5) is 10.5. The molecule has 0 fully saturated rings. The molecule has 0 spiro atoms. The van der Waals surface area contributed by atoms with Crippen LogP contribution in [0.3, 0.4) is 0 Å². The van der Waals surface area contributed by atoms with E-state index in [-0.39, 0.29) is 0 Å². The van der Waals surface area contributed by atoms with E-state index in [9.17, 15) is 4.79 Å². The second-order valence-corrected chi connectivity index (χ2v) is 3.79. The van der Waals surface area contributed by atoms with Crippen LogP contribution >= 0.6 is 22.6 Å². The van der Waals surface area contributed by atoms with Crippen molar-refractivity contribution in [3.63, 3.8) is 0 Å². The summed E-state index contributed by atoms with van der Waals surface area (Å²) in [5.41, 5.74) is 5.91. The van der Waals surface area contributed by atoms with Crippen LogP contribution in [0, 0.1) is 3.57 Å². The molecule has 1 aromatic rings. The molecule has 74 valence electrons. The third-order valence-electron chi connectivity index (χ3n) is 1.62. The van der Waals surface area contributed by atoms with E-state index in [4.69, 9.17) is 10.5 Å². The van der Waals surface area contributed by atoms with E-state index in [0.717, 1.165) is 14.9 Å². The molecule has 0 unspecified atom stereocenters. The van der Waals surface area contributed by atoms with E-state index in [1.54, 1.807) is 13.2 Å².